The van der Waals surface area contributed by atoms with Gasteiger partial charge in [0, 0.05) is 19.2 Å². The number of aromatic nitrogens is 1. The van der Waals surface area contributed by atoms with Gasteiger partial charge in [-0.25, -0.2) is 4.99 Å². The summed E-state index contributed by atoms with van der Waals surface area (Å²) >= 11 is 0. The average Bonchev–Trinajstić information content (AvgIpc) is 3.13. The molecule has 0 saturated carbocycles. The SMILES string of the molecule is CCNC(=NCc1ccon1)N1CCOC(c2ccccc2C)C1. The zero-order chi connectivity index (χ0) is 16.8. The Bertz CT molecular complexity index is 669. The van der Waals surface area contributed by atoms with E-state index < -0.39 is 0 Å². The van der Waals surface area contributed by atoms with E-state index in [1.54, 1.807) is 6.26 Å². The number of aliphatic imine (C=N–C) groups is 1. The number of rotatable bonds is 4. The monoisotopic (exact) mass is 328 g/mol. The number of nitrogens with zero attached hydrogens (tertiary/aromatic N) is 3. The van der Waals surface area contributed by atoms with Crippen molar-refractivity contribution in [1.82, 2.24) is 15.4 Å². The van der Waals surface area contributed by atoms with Gasteiger partial charge in [-0.05, 0) is 25.0 Å². The van der Waals surface area contributed by atoms with Crippen molar-refractivity contribution >= 4 is 5.96 Å². The average molecular weight is 328 g/mol. The molecular formula is C18H24N4O2. The van der Waals surface area contributed by atoms with Gasteiger partial charge >= 0.3 is 0 Å². The topological polar surface area (TPSA) is 62.9 Å². The van der Waals surface area contributed by atoms with Crippen LogP contribution in [-0.2, 0) is 11.3 Å². The van der Waals surface area contributed by atoms with Crippen LogP contribution >= 0.6 is 0 Å². The van der Waals surface area contributed by atoms with Crippen LogP contribution in [0.1, 0.15) is 29.8 Å². The lowest BCUT2D eigenvalue weighted by molar-refractivity contribution is -0.00834. The molecule has 6 nitrogen and oxygen atoms in total. The van der Waals surface area contributed by atoms with Crippen molar-refractivity contribution < 1.29 is 9.26 Å². The van der Waals surface area contributed by atoms with E-state index in [9.17, 15) is 0 Å². The summed E-state index contributed by atoms with van der Waals surface area (Å²) in [6.45, 7) is 7.83. The molecular weight excluding hydrogens is 304 g/mol. The normalized spacial score (nSPS) is 18.7. The highest BCUT2D eigenvalue weighted by Gasteiger charge is 2.25. The van der Waals surface area contributed by atoms with Crippen LogP contribution < -0.4 is 5.32 Å². The number of hydrogen-bond acceptors (Lipinski definition) is 4. The number of morpholine rings is 1. The second-order valence-electron chi connectivity index (χ2n) is 5.82. The van der Waals surface area contributed by atoms with Crippen molar-refractivity contribution in [3.05, 3.63) is 53.4 Å². The predicted molar refractivity (Wildman–Crippen MR) is 92.8 cm³/mol. The zero-order valence-corrected chi connectivity index (χ0v) is 14.2. The molecule has 1 fully saturated rings. The number of hydrogen-bond donors (Lipinski definition) is 1. The summed E-state index contributed by atoms with van der Waals surface area (Å²) in [5.74, 6) is 0.891. The summed E-state index contributed by atoms with van der Waals surface area (Å²) in [6.07, 6.45) is 1.64. The molecule has 3 rings (SSSR count). The number of nitrogens with one attached hydrogen (secondary N) is 1. The third-order valence-electron chi connectivity index (χ3n) is 4.12. The molecule has 1 aromatic carbocycles. The number of aryl methyl sites for hydroxylation is 1. The van der Waals surface area contributed by atoms with E-state index >= 15 is 0 Å². The van der Waals surface area contributed by atoms with Gasteiger partial charge in [0.15, 0.2) is 5.96 Å². The molecule has 128 valence electrons. The predicted octanol–water partition coefficient (Wildman–Crippen LogP) is 2.52. The van der Waals surface area contributed by atoms with Gasteiger partial charge in [-0.15, -0.1) is 0 Å². The number of benzene rings is 1. The largest absolute Gasteiger partial charge is 0.370 e. The van der Waals surface area contributed by atoms with Crippen LogP contribution in [0.25, 0.3) is 0 Å². The lowest BCUT2D eigenvalue weighted by Gasteiger charge is -2.35. The third kappa shape index (κ3) is 3.94. The first-order chi connectivity index (χ1) is 11.8. The van der Waals surface area contributed by atoms with Gasteiger partial charge in [-0.2, -0.15) is 0 Å². The highest BCUT2D eigenvalue weighted by molar-refractivity contribution is 5.80. The zero-order valence-electron chi connectivity index (χ0n) is 14.2. The van der Waals surface area contributed by atoms with Crippen LogP contribution in [0.5, 0.6) is 0 Å². The third-order valence-corrected chi connectivity index (χ3v) is 4.12. The molecule has 0 bridgehead atoms. The lowest BCUT2D eigenvalue weighted by atomic mass is 10.0. The molecule has 1 unspecified atom stereocenters. The maximum atomic E-state index is 6.00. The van der Waals surface area contributed by atoms with E-state index in [0.29, 0.717) is 13.2 Å². The van der Waals surface area contributed by atoms with E-state index in [1.807, 2.05) is 6.07 Å². The lowest BCUT2D eigenvalue weighted by Crippen LogP contribution is -2.48. The van der Waals surface area contributed by atoms with Gasteiger partial charge < -0.3 is 19.5 Å². The molecule has 1 aliphatic heterocycles. The highest BCUT2D eigenvalue weighted by atomic mass is 16.5. The Kier molecular flexibility index (Phi) is 5.48. The minimum Gasteiger partial charge on any atom is -0.370 e. The quantitative estimate of drug-likeness (QED) is 0.690. The standard InChI is InChI=1S/C18H24N4O2/c1-3-19-18(20-12-15-8-10-24-21-15)22-9-11-23-17(13-22)16-7-5-4-6-14(16)2/h4-8,10,17H,3,9,11-13H2,1-2H3,(H,19,20). The van der Waals surface area contributed by atoms with Crippen molar-refractivity contribution in [3.63, 3.8) is 0 Å². The van der Waals surface area contributed by atoms with Gasteiger partial charge in [0.25, 0.3) is 0 Å². The van der Waals surface area contributed by atoms with E-state index in [-0.39, 0.29) is 6.10 Å². The molecule has 1 saturated heterocycles. The van der Waals surface area contributed by atoms with Crippen LogP contribution in [0, 0.1) is 6.92 Å². The van der Waals surface area contributed by atoms with E-state index in [4.69, 9.17) is 9.26 Å². The second-order valence-corrected chi connectivity index (χ2v) is 5.82. The molecule has 0 spiro atoms. The molecule has 24 heavy (non-hydrogen) atoms. The summed E-state index contributed by atoms with van der Waals surface area (Å²) < 4.78 is 10.9. The van der Waals surface area contributed by atoms with Crippen LogP contribution in [-0.4, -0.2) is 42.3 Å². The molecule has 0 amide bonds. The summed E-state index contributed by atoms with van der Waals surface area (Å²) in [5, 5.41) is 7.28. The molecule has 1 atom stereocenters. The molecule has 0 radical (unpaired) electrons. The van der Waals surface area contributed by atoms with Gasteiger partial charge in [-0.1, -0.05) is 29.4 Å². The van der Waals surface area contributed by atoms with Crippen molar-refractivity contribution in [3.8, 4) is 0 Å². The van der Waals surface area contributed by atoms with Gasteiger partial charge in [0.05, 0.1) is 19.7 Å². The summed E-state index contributed by atoms with van der Waals surface area (Å²) in [7, 11) is 0. The smallest absolute Gasteiger partial charge is 0.194 e. The fraction of sp³-hybridized carbons (Fsp3) is 0.444. The summed E-state index contributed by atoms with van der Waals surface area (Å²) in [4.78, 5) is 6.94. The van der Waals surface area contributed by atoms with E-state index in [1.165, 1.54) is 11.1 Å². The molecule has 1 aliphatic rings. The first-order valence-corrected chi connectivity index (χ1v) is 8.37. The first-order valence-electron chi connectivity index (χ1n) is 8.37. The Hall–Kier alpha value is -2.34. The Morgan fingerprint density at radius 3 is 3.00 bits per heavy atom. The number of guanidine groups is 1. The van der Waals surface area contributed by atoms with E-state index in [0.717, 1.165) is 31.3 Å². The highest BCUT2D eigenvalue weighted by Crippen LogP contribution is 2.25. The first kappa shape index (κ1) is 16.5. The fourth-order valence-electron chi connectivity index (χ4n) is 2.88. The Balaban J connectivity index is 1.73. The van der Waals surface area contributed by atoms with Crippen molar-refractivity contribution in [2.75, 3.05) is 26.2 Å². The van der Waals surface area contributed by atoms with Crippen LogP contribution in [0.15, 0.2) is 46.1 Å². The van der Waals surface area contributed by atoms with Gasteiger partial charge in [0.2, 0.25) is 0 Å². The van der Waals surface area contributed by atoms with Crippen molar-refractivity contribution in [2.45, 2.75) is 26.5 Å². The number of ether oxygens (including phenoxy) is 1. The molecule has 1 aromatic heterocycles. The van der Waals surface area contributed by atoms with Gasteiger partial charge in [0.1, 0.15) is 18.1 Å². The minimum atomic E-state index is 0.0656. The molecule has 2 aromatic rings. The summed E-state index contributed by atoms with van der Waals surface area (Å²) in [6, 6.07) is 10.2. The van der Waals surface area contributed by atoms with Crippen LogP contribution in [0.3, 0.4) is 0 Å². The Morgan fingerprint density at radius 2 is 2.25 bits per heavy atom. The Morgan fingerprint density at radius 1 is 1.38 bits per heavy atom. The molecule has 1 N–H and O–H groups in total. The van der Waals surface area contributed by atoms with Crippen LogP contribution in [0.2, 0.25) is 0 Å². The van der Waals surface area contributed by atoms with Gasteiger partial charge in [-0.3, -0.25) is 0 Å². The van der Waals surface area contributed by atoms with Crippen LogP contribution in [0.4, 0.5) is 0 Å². The van der Waals surface area contributed by atoms with E-state index in [2.05, 4.69) is 58.5 Å². The fourth-order valence-corrected chi connectivity index (χ4v) is 2.88. The second kappa shape index (κ2) is 7.97. The Labute approximate surface area is 142 Å². The van der Waals surface area contributed by atoms with Crippen molar-refractivity contribution in [2.24, 2.45) is 4.99 Å². The van der Waals surface area contributed by atoms with Crippen molar-refractivity contribution in [1.29, 1.82) is 0 Å². The maximum Gasteiger partial charge on any atom is 0.194 e. The minimum absolute atomic E-state index is 0.0656. The summed E-state index contributed by atoms with van der Waals surface area (Å²) in [5.41, 5.74) is 3.33. The maximum absolute atomic E-state index is 6.00. The molecule has 2 heterocycles. The molecule has 6 heteroatoms. The molecule has 0 aliphatic carbocycles.